The van der Waals surface area contributed by atoms with Crippen molar-refractivity contribution >= 4 is 6.16 Å². The molecule has 0 aliphatic carbocycles. The molecule has 0 radical (unpaired) electrons. The molecule has 2 bridgehead atoms. The van der Waals surface area contributed by atoms with Gasteiger partial charge in [-0.05, 0) is 6.92 Å². The Balaban J connectivity index is 2.71. The minimum absolute atomic E-state index is 0.0498. The number of rotatable bonds is 0. The first-order valence-corrected chi connectivity index (χ1v) is 3.55. The molecule has 13 heavy (non-hydrogen) atoms. The maximum atomic E-state index is 10.7. The van der Waals surface area contributed by atoms with E-state index >= 15 is 0 Å². The third-order valence-electron chi connectivity index (χ3n) is 1.81. The van der Waals surface area contributed by atoms with Crippen LogP contribution in [0.25, 0.3) is 0 Å². The molecule has 0 spiro atoms. The molecule has 1 aliphatic heterocycles. The van der Waals surface area contributed by atoms with E-state index < -0.39 is 11.9 Å². The van der Waals surface area contributed by atoms with E-state index in [0.717, 1.165) is 6.07 Å². The largest absolute Gasteiger partial charge is 0.519 e. The smallest absolute Gasteiger partial charge is 0.504 e. The summed E-state index contributed by atoms with van der Waals surface area (Å²) in [4.78, 5) is 10.7. The summed E-state index contributed by atoms with van der Waals surface area (Å²) in [5.74, 6) is -0.672. The number of fused-ring (bicyclic) bond motifs is 2. The van der Waals surface area contributed by atoms with E-state index in [-0.39, 0.29) is 17.2 Å². The molecule has 0 amide bonds. The molecule has 1 aromatic rings. The standard InChI is InChI=1S/C8H6O5/c1-3-5-2-4(9)6(10)7(3)13-8(11)12-5/h2,9-10H,1H3. The Morgan fingerprint density at radius 2 is 2.00 bits per heavy atom. The lowest BCUT2D eigenvalue weighted by molar-refractivity contribution is 0.142. The Hall–Kier alpha value is -1.91. The maximum Gasteiger partial charge on any atom is 0.519 e. The summed E-state index contributed by atoms with van der Waals surface area (Å²) in [6.45, 7) is 1.61. The summed E-state index contributed by atoms with van der Waals surface area (Å²) in [6, 6.07) is 1.16. The van der Waals surface area contributed by atoms with Crippen molar-refractivity contribution in [1.82, 2.24) is 0 Å². The van der Waals surface area contributed by atoms with Crippen LogP contribution in [0.1, 0.15) is 5.56 Å². The fourth-order valence-corrected chi connectivity index (χ4v) is 1.13. The Labute approximate surface area is 73.1 Å². The van der Waals surface area contributed by atoms with Crippen molar-refractivity contribution in [3.05, 3.63) is 11.6 Å². The zero-order valence-electron chi connectivity index (χ0n) is 6.70. The molecule has 1 aromatic carbocycles. The third-order valence-corrected chi connectivity index (χ3v) is 1.81. The summed E-state index contributed by atoms with van der Waals surface area (Å²) < 4.78 is 9.19. The maximum absolute atomic E-state index is 10.7. The van der Waals surface area contributed by atoms with Crippen LogP contribution in [0, 0.1) is 6.92 Å². The number of phenols is 2. The van der Waals surface area contributed by atoms with Gasteiger partial charge in [-0.3, -0.25) is 0 Å². The zero-order valence-corrected chi connectivity index (χ0v) is 6.70. The van der Waals surface area contributed by atoms with Gasteiger partial charge in [0.1, 0.15) is 5.75 Å². The number of ether oxygens (including phenoxy) is 2. The van der Waals surface area contributed by atoms with Crippen molar-refractivity contribution in [3.8, 4) is 23.0 Å². The highest BCUT2D eigenvalue weighted by Gasteiger charge is 2.26. The van der Waals surface area contributed by atoms with Gasteiger partial charge in [-0.1, -0.05) is 0 Å². The van der Waals surface area contributed by atoms with Crippen molar-refractivity contribution in [2.24, 2.45) is 0 Å². The van der Waals surface area contributed by atoms with Crippen LogP contribution >= 0.6 is 0 Å². The molecule has 0 unspecified atom stereocenters. The van der Waals surface area contributed by atoms with E-state index in [4.69, 9.17) is 5.11 Å². The molecule has 0 saturated carbocycles. The predicted molar refractivity (Wildman–Crippen MR) is 41.2 cm³/mol. The van der Waals surface area contributed by atoms with Gasteiger partial charge in [0.15, 0.2) is 11.5 Å². The van der Waals surface area contributed by atoms with Crippen LogP contribution in [-0.2, 0) is 0 Å². The molecule has 5 heteroatoms. The first kappa shape index (κ1) is 7.72. The fourth-order valence-electron chi connectivity index (χ4n) is 1.13. The van der Waals surface area contributed by atoms with Crippen molar-refractivity contribution in [1.29, 1.82) is 0 Å². The number of phenolic OH excluding ortho intramolecular Hbond substituents is 2. The van der Waals surface area contributed by atoms with Gasteiger partial charge in [0.05, 0.1) is 0 Å². The number of carbonyl (C=O) groups excluding carboxylic acids is 1. The predicted octanol–water partition coefficient (Wildman–Crippen LogP) is 1.30. The summed E-state index contributed by atoms with van der Waals surface area (Å²) in [5, 5.41) is 18.4. The lowest BCUT2D eigenvalue weighted by Gasteiger charge is -2.18. The Kier molecular flexibility index (Phi) is 1.36. The molecule has 0 saturated heterocycles. The van der Waals surface area contributed by atoms with Crippen molar-refractivity contribution < 1.29 is 24.5 Å². The minimum Gasteiger partial charge on any atom is -0.504 e. The van der Waals surface area contributed by atoms with Gasteiger partial charge in [0, 0.05) is 11.6 Å². The highest BCUT2D eigenvalue weighted by Crippen LogP contribution is 2.45. The van der Waals surface area contributed by atoms with Crippen LogP contribution in [0.15, 0.2) is 6.07 Å². The van der Waals surface area contributed by atoms with E-state index in [9.17, 15) is 9.90 Å². The molecule has 5 nitrogen and oxygen atoms in total. The summed E-state index contributed by atoms with van der Waals surface area (Å²) in [7, 11) is 0. The number of aromatic hydroxyl groups is 2. The third kappa shape index (κ3) is 0.970. The van der Waals surface area contributed by atoms with Gasteiger partial charge in [0.2, 0.25) is 5.75 Å². The number of hydrogen-bond donors (Lipinski definition) is 2. The SMILES string of the molecule is Cc1c2cc(O)c(O)c1OC(=O)O2. The van der Waals surface area contributed by atoms with Gasteiger partial charge in [-0.15, -0.1) is 0 Å². The lowest BCUT2D eigenvalue weighted by atomic mass is 10.1. The lowest BCUT2D eigenvalue weighted by Crippen LogP contribution is -2.19. The van der Waals surface area contributed by atoms with E-state index in [1.807, 2.05) is 0 Å². The average Bonchev–Trinajstić information content (AvgIpc) is 2.06. The van der Waals surface area contributed by atoms with Gasteiger partial charge < -0.3 is 19.7 Å². The van der Waals surface area contributed by atoms with Crippen molar-refractivity contribution in [2.45, 2.75) is 6.92 Å². The number of hydrogen-bond acceptors (Lipinski definition) is 5. The molecular weight excluding hydrogens is 176 g/mol. The van der Waals surface area contributed by atoms with Gasteiger partial charge in [0.25, 0.3) is 0 Å². The van der Waals surface area contributed by atoms with Crippen molar-refractivity contribution in [2.75, 3.05) is 0 Å². The second-order valence-corrected chi connectivity index (χ2v) is 2.65. The molecule has 0 atom stereocenters. The molecule has 2 rings (SSSR count). The molecule has 0 fully saturated rings. The Morgan fingerprint density at radius 1 is 1.31 bits per heavy atom. The molecule has 68 valence electrons. The quantitative estimate of drug-likeness (QED) is 0.359. The zero-order chi connectivity index (χ0) is 9.59. The van der Waals surface area contributed by atoms with Crippen LogP contribution in [0.3, 0.4) is 0 Å². The van der Waals surface area contributed by atoms with Crippen LogP contribution in [-0.4, -0.2) is 16.4 Å². The fraction of sp³-hybridized carbons (Fsp3) is 0.125. The van der Waals surface area contributed by atoms with E-state index in [1.165, 1.54) is 0 Å². The highest BCUT2D eigenvalue weighted by molar-refractivity contribution is 5.76. The van der Waals surface area contributed by atoms with Crippen LogP contribution in [0.5, 0.6) is 23.0 Å². The van der Waals surface area contributed by atoms with Crippen LogP contribution in [0.2, 0.25) is 0 Å². The normalized spacial score (nSPS) is 13.5. The number of carbonyl (C=O) groups is 1. The molecule has 1 heterocycles. The first-order valence-electron chi connectivity index (χ1n) is 3.55. The molecule has 1 aliphatic rings. The topological polar surface area (TPSA) is 76.0 Å². The summed E-state index contributed by atoms with van der Waals surface area (Å²) in [6.07, 6.45) is -0.911. The van der Waals surface area contributed by atoms with E-state index in [0.29, 0.717) is 5.56 Å². The van der Waals surface area contributed by atoms with Crippen LogP contribution in [0.4, 0.5) is 4.79 Å². The second kappa shape index (κ2) is 2.29. The van der Waals surface area contributed by atoms with E-state index in [1.54, 1.807) is 6.92 Å². The minimum atomic E-state index is -0.911. The Morgan fingerprint density at radius 3 is 2.69 bits per heavy atom. The van der Waals surface area contributed by atoms with Gasteiger partial charge >= 0.3 is 6.16 Å². The summed E-state index contributed by atoms with van der Waals surface area (Å²) in [5.41, 5.74) is 0.481. The average molecular weight is 182 g/mol. The van der Waals surface area contributed by atoms with Crippen LogP contribution < -0.4 is 9.47 Å². The van der Waals surface area contributed by atoms with E-state index in [2.05, 4.69) is 9.47 Å². The molecular formula is C8H6O5. The van der Waals surface area contributed by atoms with Gasteiger partial charge in [-0.25, -0.2) is 4.79 Å². The monoisotopic (exact) mass is 182 g/mol. The van der Waals surface area contributed by atoms with Crippen molar-refractivity contribution in [3.63, 3.8) is 0 Å². The highest BCUT2D eigenvalue weighted by atomic mass is 16.7. The second-order valence-electron chi connectivity index (χ2n) is 2.65. The first-order chi connectivity index (χ1) is 6.09. The summed E-state index contributed by atoms with van der Waals surface area (Å²) >= 11 is 0. The Bertz CT molecular complexity index is 389. The molecule has 0 aromatic heterocycles. The van der Waals surface area contributed by atoms with Gasteiger partial charge in [-0.2, -0.15) is 0 Å². The number of benzene rings is 1. The molecule has 2 N–H and O–H groups in total.